The summed E-state index contributed by atoms with van der Waals surface area (Å²) in [5.74, 6) is 3.71. The summed E-state index contributed by atoms with van der Waals surface area (Å²) in [5, 5.41) is 11.1. The van der Waals surface area contributed by atoms with Gasteiger partial charge >= 0.3 is 0 Å². The lowest BCUT2D eigenvalue weighted by molar-refractivity contribution is 0.672. The number of rotatable bonds is 10. The van der Waals surface area contributed by atoms with E-state index in [4.69, 9.17) is 48.7 Å². The second kappa shape index (κ2) is 26.0. The Hall–Kier alpha value is -14.0. The number of benzene rings is 14. The predicted octanol–water partition coefficient (Wildman–Crippen LogP) is 26.0. The van der Waals surface area contributed by atoms with E-state index in [9.17, 15) is 0 Å². The Morgan fingerprint density at radius 1 is 0.204 bits per heavy atom. The van der Waals surface area contributed by atoms with Gasteiger partial charge < -0.3 is 8.83 Å². The van der Waals surface area contributed by atoms with Crippen molar-refractivity contribution in [2.45, 2.75) is 0 Å². The molecule has 0 fully saturated rings. The highest BCUT2D eigenvalue weighted by Gasteiger charge is 2.25. The normalized spacial score (nSPS) is 11.7. The van der Waals surface area contributed by atoms with Crippen LogP contribution in [0.1, 0.15) is 0 Å². The molecule has 22 rings (SSSR count). The van der Waals surface area contributed by atoms with Crippen molar-refractivity contribution >= 4 is 129 Å². The van der Waals surface area contributed by atoms with Crippen LogP contribution >= 0.6 is 22.7 Å². The van der Waals surface area contributed by atoms with Gasteiger partial charge in [0, 0.05) is 129 Å². The molecule has 0 spiro atoms. The lowest BCUT2D eigenvalue weighted by Gasteiger charge is -2.12. The summed E-state index contributed by atoms with van der Waals surface area (Å²) in [6.45, 7) is 0. The van der Waals surface area contributed by atoms with E-state index in [1.807, 2.05) is 168 Å². The zero-order chi connectivity index (χ0) is 71.2. The van der Waals surface area contributed by atoms with Gasteiger partial charge in [-0.1, -0.05) is 297 Å². The van der Waals surface area contributed by atoms with E-state index in [0.29, 0.717) is 34.9 Å². The van der Waals surface area contributed by atoms with Crippen molar-refractivity contribution < 1.29 is 8.83 Å². The molecule has 22 aromatic rings. The van der Waals surface area contributed by atoms with Gasteiger partial charge in [0.25, 0.3) is 0 Å². The molecule has 0 atom stereocenters. The molecule has 0 N–H and O–H groups in total. The molecule has 0 radical (unpaired) electrons. The summed E-state index contributed by atoms with van der Waals surface area (Å²) in [7, 11) is 0. The lowest BCUT2D eigenvalue weighted by atomic mass is 9.96. The van der Waals surface area contributed by atoms with Gasteiger partial charge in [-0.25, -0.2) is 39.9 Å². The number of nitrogens with zero attached hydrogens (tertiary/aromatic N) is 8. The monoisotopic (exact) mass is 1420 g/mol. The molecule has 0 bridgehead atoms. The third-order valence-electron chi connectivity index (χ3n) is 20.3. The van der Waals surface area contributed by atoms with Crippen molar-refractivity contribution in [2.75, 3.05) is 0 Å². The summed E-state index contributed by atoms with van der Waals surface area (Å²) in [4.78, 5) is 40.9. The highest BCUT2D eigenvalue weighted by molar-refractivity contribution is 7.26. The molecule has 0 aliphatic heterocycles. The molecule has 0 saturated carbocycles. The number of aromatic nitrogens is 8. The van der Waals surface area contributed by atoms with Crippen LogP contribution < -0.4 is 0 Å². The molecular weight excluding hydrogens is 1360 g/mol. The Labute approximate surface area is 626 Å². The zero-order valence-corrected chi connectivity index (χ0v) is 59.2. The first kappa shape index (κ1) is 62.5. The zero-order valence-electron chi connectivity index (χ0n) is 57.5. The summed E-state index contributed by atoms with van der Waals surface area (Å²) >= 11 is 3.66. The second-order valence-corrected chi connectivity index (χ2v) is 28.8. The van der Waals surface area contributed by atoms with E-state index in [2.05, 4.69) is 194 Å². The predicted molar refractivity (Wildman–Crippen MR) is 445 cm³/mol. The summed E-state index contributed by atoms with van der Waals surface area (Å²) in [6, 6.07) is 117. The average molecular weight is 1420 g/mol. The van der Waals surface area contributed by atoms with E-state index in [-0.39, 0.29) is 0 Å². The van der Waals surface area contributed by atoms with Gasteiger partial charge in [0.15, 0.2) is 34.9 Å². The minimum absolute atomic E-state index is 0.593. The second-order valence-electron chi connectivity index (χ2n) is 26.7. The van der Waals surface area contributed by atoms with Crippen molar-refractivity contribution in [1.82, 2.24) is 39.9 Å². The topological polar surface area (TPSA) is 129 Å². The van der Waals surface area contributed by atoms with Crippen LogP contribution in [0.5, 0.6) is 0 Å². The van der Waals surface area contributed by atoms with Crippen LogP contribution in [-0.4, -0.2) is 39.9 Å². The summed E-state index contributed by atoms with van der Waals surface area (Å²) < 4.78 is 18.5. The van der Waals surface area contributed by atoms with Crippen molar-refractivity contribution in [2.24, 2.45) is 0 Å². The third kappa shape index (κ3) is 10.8. The minimum atomic E-state index is 0.593. The molecule has 0 aliphatic rings. The first-order valence-corrected chi connectivity index (χ1v) is 37.4. The van der Waals surface area contributed by atoms with Crippen LogP contribution in [0.2, 0.25) is 0 Å². The number of hydrogen-bond acceptors (Lipinski definition) is 12. The smallest absolute Gasteiger partial charge is 0.164 e. The van der Waals surface area contributed by atoms with Gasteiger partial charge in [0.05, 0.1) is 33.2 Å². The third-order valence-corrected chi connectivity index (χ3v) is 22.7. The summed E-state index contributed by atoms with van der Waals surface area (Å²) in [5.41, 5.74) is 18.7. The Kier molecular flexibility index (Phi) is 15.0. The van der Waals surface area contributed by atoms with Gasteiger partial charge in [-0.2, -0.15) is 0 Å². The largest absolute Gasteiger partial charge is 0.455 e. The van der Waals surface area contributed by atoms with Crippen LogP contribution in [0.4, 0.5) is 0 Å². The maximum absolute atomic E-state index is 6.73. The Bertz CT molecular complexity index is 7190. The Morgan fingerprint density at radius 3 is 0.926 bits per heavy atom. The first-order chi connectivity index (χ1) is 53.5. The molecule has 108 heavy (non-hydrogen) atoms. The van der Waals surface area contributed by atoms with Gasteiger partial charge in [-0.3, -0.25) is 0 Å². The maximum Gasteiger partial charge on any atom is 0.164 e. The quantitative estimate of drug-likeness (QED) is 0.130. The average Bonchev–Trinajstić information content (AvgIpc) is 1.55. The molecule has 14 aromatic carbocycles. The fourth-order valence-electron chi connectivity index (χ4n) is 15.2. The summed E-state index contributed by atoms with van der Waals surface area (Å²) in [6.07, 6.45) is 0. The van der Waals surface area contributed by atoms with Gasteiger partial charge in [0.1, 0.15) is 22.3 Å². The fraction of sp³-hybridized carbons (Fsp3) is 0. The molecule has 10 nitrogen and oxygen atoms in total. The standard InChI is InChI=1S/2C48H28N4OS/c1-3-14-29(15-4-1)46-50-47(30-16-5-2-6-17-30)52-48(51-46)32-19-11-18-31(28-32)42-41-37-21-7-9-26-39(37)53-44(41)38-25-12-22-34(43(38)49-42)36-24-13-23-35-33-20-8-10-27-40(33)54-45(35)36;1-3-13-30(14-4-1)46-50-47(31-15-5-2-6-16-31)52-48(51-46)32-27-25-29(26-28-32)42-41-37-18-7-9-23-39(37)53-44(41)38-22-11-19-34(43(38)49-42)36-21-12-20-35-33-17-8-10-24-40(33)54-45(35)36/h2*1-28H. The Morgan fingerprint density at radius 2 is 0.500 bits per heavy atom. The number of thiophene rings is 2. The molecule has 8 aromatic heterocycles. The Balaban J connectivity index is 0.000000138. The number of pyridine rings is 2. The molecule has 8 heterocycles. The molecule has 0 saturated heterocycles. The highest BCUT2D eigenvalue weighted by atomic mass is 32.1. The van der Waals surface area contributed by atoms with E-state index in [0.717, 1.165) is 138 Å². The highest BCUT2D eigenvalue weighted by Crippen LogP contribution is 2.48. The number of furan rings is 2. The van der Waals surface area contributed by atoms with Crippen LogP contribution in [0.15, 0.2) is 349 Å². The van der Waals surface area contributed by atoms with Crippen LogP contribution in [-0.2, 0) is 0 Å². The molecule has 12 heteroatoms. The molecule has 504 valence electrons. The van der Waals surface area contributed by atoms with Crippen molar-refractivity contribution in [1.29, 1.82) is 0 Å². The van der Waals surface area contributed by atoms with Crippen LogP contribution in [0.25, 0.3) is 219 Å². The van der Waals surface area contributed by atoms with Gasteiger partial charge in [-0.15, -0.1) is 22.7 Å². The van der Waals surface area contributed by atoms with Crippen molar-refractivity contribution in [3.8, 4) is 113 Å². The van der Waals surface area contributed by atoms with E-state index in [1.165, 1.54) is 45.9 Å². The van der Waals surface area contributed by atoms with E-state index < -0.39 is 0 Å². The van der Waals surface area contributed by atoms with Crippen molar-refractivity contribution in [3.05, 3.63) is 340 Å². The minimum Gasteiger partial charge on any atom is -0.455 e. The van der Waals surface area contributed by atoms with E-state index >= 15 is 0 Å². The maximum atomic E-state index is 6.73. The number of para-hydroxylation sites is 4. The molecule has 0 amide bonds. The van der Waals surface area contributed by atoms with Crippen molar-refractivity contribution in [3.63, 3.8) is 0 Å². The van der Waals surface area contributed by atoms with E-state index in [1.54, 1.807) is 0 Å². The van der Waals surface area contributed by atoms with Crippen LogP contribution in [0.3, 0.4) is 0 Å². The lowest BCUT2D eigenvalue weighted by Crippen LogP contribution is -2.00. The first-order valence-electron chi connectivity index (χ1n) is 35.8. The number of fused-ring (bicyclic) bond motifs is 16. The van der Waals surface area contributed by atoms with Gasteiger partial charge in [0.2, 0.25) is 0 Å². The SMILES string of the molecule is c1ccc(-c2nc(-c3ccccc3)nc(-c3ccc(-c4nc5c(-c6cccc7c6sc6ccccc67)cccc5c5oc6ccccc6c45)cc3)n2)cc1.c1ccc(-c2nc(-c3ccccc3)nc(-c3cccc(-c4nc5c(-c6cccc7c6sc6ccccc67)cccc5c5oc6ccccc6c45)c3)n2)cc1. The molecular formula is C96H56N8O2S2. The molecule has 0 unspecified atom stereocenters. The van der Waals surface area contributed by atoms with Crippen LogP contribution in [0, 0.1) is 0 Å². The molecule has 0 aliphatic carbocycles. The van der Waals surface area contributed by atoms with Gasteiger partial charge in [-0.05, 0) is 42.5 Å². The fourth-order valence-corrected chi connectivity index (χ4v) is 17.7. The number of hydrogen-bond donors (Lipinski definition) is 0.